The van der Waals surface area contributed by atoms with E-state index in [2.05, 4.69) is 21.2 Å². The lowest BCUT2D eigenvalue weighted by molar-refractivity contribution is -0.124. The Balaban J connectivity index is 4.28. The molecule has 3 N–H and O–H groups in total. The third-order valence-corrected chi connectivity index (χ3v) is 2.68. The van der Waals surface area contributed by atoms with E-state index in [0.717, 1.165) is 0 Å². The van der Waals surface area contributed by atoms with Gasteiger partial charge in [-0.1, -0.05) is 15.9 Å². The van der Waals surface area contributed by atoms with Crippen LogP contribution in [0.2, 0.25) is 0 Å². The van der Waals surface area contributed by atoms with Gasteiger partial charge in [0.1, 0.15) is 0 Å². The summed E-state index contributed by atoms with van der Waals surface area (Å²) in [5.74, 6) is -0.108. The van der Waals surface area contributed by atoms with Crippen molar-refractivity contribution in [2.24, 2.45) is 5.73 Å². The second-order valence-corrected chi connectivity index (χ2v) is 6.48. The van der Waals surface area contributed by atoms with Crippen molar-refractivity contribution >= 4 is 27.5 Å². The third kappa shape index (κ3) is 4.86. The van der Waals surface area contributed by atoms with Crippen molar-refractivity contribution in [3.63, 3.8) is 0 Å². The first-order chi connectivity index (χ1) is 6.61. The van der Waals surface area contributed by atoms with Crippen LogP contribution in [0.15, 0.2) is 0 Å². The number of nitrogens with one attached hydrogen (secondary N) is 1. The number of hydrogen-bond donors (Lipinski definition) is 2. The summed E-state index contributed by atoms with van der Waals surface area (Å²) in [4.78, 5) is 23.0. The van der Waals surface area contributed by atoms with Gasteiger partial charge >= 0.3 is 0 Å². The first kappa shape index (κ1) is 14.7. The number of hydrogen-bond acceptors (Lipinski definition) is 4. The van der Waals surface area contributed by atoms with Gasteiger partial charge in [0.15, 0.2) is 11.6 Å². The van der Waals surface area contributed by atoms with Crippen molar-refractivity contribution in [3.05, 3.63) is 0 Å². The lowest BCUT2D eigenvalue weighted by atomic mass is 9.98. The van der Waals surface area contributed by atoms with Gasteiger partial charge in [0.05, 0.1) is 23.0 Å². The van der Waals surface area contributed by atoms with Crippen molar-refractivity contribution in [2.75, 3.05) is 13.1 Å². The predicted octanol–water partition coefficient (Wildman–Crippen LogP) is 0.625. The Bertz CT molecular complexity index is 257. The minimum Gasteiger partial charge on any atom is -0.324 e. The molecule has 88 valence electrons. The molecule has 0 atom stereocenters. The Kier molecular flexibility index (Phi) is 5.09. The van der Waals surface area contributed by atoms with E-state index in [0.29, 0.717) is 0 Å². The van der Waals surface area contributed by atoms with Crippen molar-refractivity contribution < 1.29 is 9.59 Å². The van der Waals surface area contributed by atoms with Gasteiger partial charge in [0, 0.05) is 0 Å². The largest absolute Gasteiger partial charge is 0.324 e. The molecule has 0 fully saturated rings. The molecule has 0 saturated heterocycles. The summed E-state index contributed by atoms with van der Waals surface area (Å²) < 4.78 is -0.568. The average molecular weight is 279 g/mol. The Morgan fingerprint density at radius 3 is 2.00 bits per heavy atom. The highest BCUT2D eigenvalue weighted by molar-refractivity contribution is 9.10. The lowest BCUT2D eigenvalue weighted by Crippen LogP contribution is -2.52. The van der Waals surface area contributed by atoms with E-state index >= 15 is 0 Å². The fourth-order valence-corrected chi connectivity index (χ4v) is 1.01. The summed E-state index contributed by atoms with van der Waals surface area (Å²) >= 11 is 3.27. The quantitative estimate of drug-likeness (QED) is 0.699. The summed E-state index contributed by atoms with van der Waals surface area (Å²) in [7, 11) is 0. The van der Waals surface area contributed by atoms with Gasteiger partial charge in [0.25, 0.3) is 0 Å². The lowest BCUT2D eigenvalue weighted by Gasteiger charge is -2.25. The molecule has 0 unspecified atom stereocenters. The molecule has 0 spiro atoms. The molecule has 0 aromatic carbocycles. The normalized spacial score (nSPS) is 12.7. The molecule has 0 aliphatic carbocycles. The van der Waals surface area contributed by atoms with Crippen LogP contribution >= 0.6 is 15.9 Å². The molecule has 0 rings (SSSR count). The van der Waals surface area contributed by atoms with Crippen LogP contribution in [0.25, 0.3) is 0 Å². The number of Topliss-reactive ketones (excluding diaryl/α,β-unsaturated/α-hetero) is 2. The van der Waals surface area contributed by atoms with Crippen molar-refractivity contribution in [1.82, 2.24) is 5.32 Å². The molecule has 4 nitrogen and oxygen atoms in total. The van der Waals surface area contributed by atoms with Crippen LogP contribution in [0, 0.1) is 0 Å². The molecule has 0 aromatic heterocycles. The zero-order chi connectivity index (χ0) is 12.3. The summed E-state index contributed by atoms with van der Waals surface area (Å²) in [6, 6.07) is 0. The molecular weight excluding hydrogens is 260 g/mol. The maximum Gasteiger partial charge on any atom is 0.165 e. The number of carbonyl (C=O) groups excluding carboxylic acids is 2. The standard InChI is InChI=1S/C10H19BrN2O2/c1-9(2,11)8(15)6-13-10(3,4)7(14)5-12/h13H,5-6,12H2,1-4H3. The van der Waals surface area contributed by atoms with Crippen LogP contribution in [0.1, 0.15) is 27.7 Å². The van der Waals surface area contributed by atoms with Gasteiger partial charge in [-0.2, -0.15) is 0 Å². The van der Waals surface area contributed by atoms with Crippen molar-refractivity contribution in [3.8, 4) is 0 Å². The number of alkyl halides is 1. The van der Waals surface area contributed by atoms with Gasteiger partial charge in [-0.15, -0.1) is 0 Å². The fraction of sp³-hybridized carbons (Fsp3) is 0.800. The molecule has 0 radical (unpaired) electrons. The highest BCUT2D eigenvalue weighted by Gasteiger charge is 2.29. The van der Waals surface area contributed by atoms with Gasteiger partial charge in [0.2, 0.25) is 0 Å². The van der Waals surface area contributed by atoms with Gasteiger partial charge in [-0.3, -0.25) is 14.9 Å². The summed E-state index contributed by atoms with van der Waals surface area (Å²) in [6.07, 6.45) is 0. The number of rotatable bonds is 6. The monoisotopic (exact) mass is 278 g/mol. The van der Waals surface area contributed by atoms with Crippen molar-refractivity contribution in [1.29, 1.82) is 0 Å². The molecule has 0 aliphatic rings. The SMILES string of the molecule is CC(C)(Br)C(=O)CNC(C)(C)C(=O)CN. The van der Waals surface area contributed by atoms with Crippen molar-refractivity contribution in [2.45, 2.75) is 37.6 Å². The second kappa shape index (κ2) is 5.18. The molecule has 0 aliphatic heterocycles. The molecule has 0 amide bonds. The first-order valence-electron chi connectivity index (χ1n) is 4.82. The second-order valence-electron chi connectivity index (χ2n) is 4.50. The Morgan fingerprint density at radius 1 is 1.20 bits per heavy atom. The van der Waals surface area contributed by atoms with Gasteiger partial charge < -0.3 is 5.73 Å². The van der Waals surface area contributed by atoms with E-state index in [1.807, 2.05) is 0 Å². The Labute approximate surface area is 99.1 Å². The maximum atomic E-state index is 11.6. The molecular formula is C10H19BrN2O2. The summed E-state index contributed by atoms with van der Waals surface area (Å²) in [6.45, 7) is 7.11. The number of nitrogens with two attached hydrogens (primary N) is 1. The third-order valence-electron chi connectivity index (χ3n) is 2.24. The van der Waals surface area contributed by atoms with Gasteiger partial charge in [-0.25, -0.2) is 0 Å². The van der Waals surface area contributed by atoms with Crippen LogP contribution in [-0.2, 0) is 9.59 Å². The molecule has 0 bridgehead atoms. The van der Waals surface area contributed by atoms with E-state index in [1.165, 1.54) is 0 Å². The van der Waals surface area contributed by atoms with Crippen LogP contribution < -0.4 is 11.1 Å². The minimum atomic E-state index is -0.747. The molecule has 5 heteroatoms. The number of carbonyl (C=O) groups is 2. The molecule has 0 aromatic rings. The highest BCUT2D eigenvalue weighted by atomic mass is 79.9. The maximum absolute atomic E-state index is 11.6. The van der Waals surface area contributed by atoms with Crippen LogP contribution in [-0.4, -0.2) is 34.5 Å². The smallest absolute Gasteiger partial charge is 0.165 e. The average Bonchev–Trinajstić information content (AvgIpc) is 2.11. The Morgan fingerprint density at radius 2 is 1.67 bits per heavy atom. The molecule has 15 heavy (non-hydrogen) atoms. The predicted molar refractivity (Wildman–Crippen MR) is 64.2 cm³/mol. The summed E-state index contributed by atoms with van der Waals surface area (Å²) in [5, 5.41) is 2.91. The van der Waals surface area contributed by atoms with E-state index in [9.17, 15) is 9.59 Å². The van der Waals surface area contributed by atoms with Gasteiger partial charge in [-0.05, 0) is 27.7 Å². The number of ketones is 2. The van der Waals surface area contributed by atoms with Crippen LogP contribution in [0.5, 0.6) is 0 Å². The highest BCUT2D eigenvalue weighted by Crippen LogP contribution is 2.16. The zero-order valence-corrected chi connectivity index (χ0v) is 11.3. The van der Waals surface area contributed by atoms with E-state index in [-0.39, 0.29) is 24.7 Å². The molecule has 0 saturated carbocycles. The van der Waals surface area contributed by atoms with E-state index in [4.69, 9.17) is 5.73 Å². The van der Waals surface area contributed by atoms with E-state index < -0.39 is 9.86 Å². The summed E-state index contributed by atoms with van der Waals surface area (Å²) in [5.41, 5.74) is 4.52. The van der Waals surface area contributed by atoms with Crippen LogP contribution in [0.4, 0.5) is 0 Å². The van der Waals surface area contributed by atoms with Crippen LogP contribution in [0.3, 0.4) is 0 Å². The molecule has 0 heterocycles. The fourth-order valence-electron chi connectivity index (χ4n) is 0.865. The first-order valence-corrected chi connectivity index (χ1v) is 5.61. The van der Waals surface area contributed by atoms with E-state index in [1.54, 1.807) is 27.7 Å². The zero-order valence-electron chi connectivity index (χ0n) is 9.69. The number of halogens is 1. The minimum absolute atomic E-state index is 0.000367. The topological polar surface area (TPSA) is 72.2 Å². The Hall–Kier alpha value is -0.260.